The SMILES string of the molecule is Cc1cc(-c2cc(N)c3nc(C)n(CC4CC4)c3c2)cn(C)c1=O. The number of nitrogen functional groups attached to an aromatic ring is 1. The minimum absolute atomic E-state index is 0.0300. The van der Waals surface area contributed by atoms with Crippen LogP contribution in [0.25, 0.3) is 22.2 Å². The summed E-state index contributed by atoms with van der Waals surface area (Å²) in [6.45, 7) is 4.89. The summed E-state index contributed by atoms with van der Waals surface area (Å²) in [4.78, 5) is 16.6. The maximum absolute atomic E-state index is 11.9. The van der Waals surface area contributed by atoms with Gasteiger partial charge in [0.15, 0.2) is 0 Å². The van der Waals surface area contributed by atoms with Crippen LogP contribution in [-0.2, 0) is 13.6 Å². The number of aromatic nitrogens is 3. The smallest absolute Gasteiger partial charge is 0.253 e. The van der Waals surface area contributed by atoms with Crippen molar-refractivity contribution >= 4 is 16.7 Å². The maximum Gasteiger partial charge on any atom is 0.253 e. The van der Waals surface area contributed by atoms with Crippen molar-refractivity contribution < 1.29 is 0 Å². The number of anilines is 1. The van der Waals surface area contributed by atoms with Crippen LogP contribution in [0.1, 0.15) is 24.2 Å². The molecule has 5 heteroatoms. The van der Waals surface area contributed by atoms with Gasteiger partial charge in [-0.05, 0) is 61.9 Å². The maximum atomic E-state index is 11.9. The molecular formula is C19H22N4O. The molecule has 5 nitrogen and oxygen atoms in total. The molecule has 0 spiro atoms. The Balaban J connectivity index is 1.91. The Kier molecular flexibility index (Phi) is 3.27. The van der Waals surface area contributed by atoms with E-state index in [1.807, 2.05) is 32.2 Å². The van der Waals surface area contributed by atoms with E-state index in [-0.39, 0.29) is 5.56 Å². The number of aryl methyl sites for hydroxylation is 3. The molecule has 0 unspecified atom stereocenters. The Morgan fingerprint density at radius 2 is 1.96 bits per heavy atom. The molecule has 1 saturated carbocycles. The number of pyridine rings is 1. The molecular weight excluding hydrogens is 300 g/mol. The monoisotopic (exact) mass is 322 g/mol. The first-order valence-electron chi connectivity index (χ1n) is 8.38. The standard InChI is InChI=1S/C19H22N4O/c1-11-6-15(10-22(3)19(11)24)14-7-16(20)18-17(8-14)23(12(2)21-18)9-13-4-5-13/h6-8,10,13H,4-5,9,20H2,1-3H3. The molecule has 24 heavy (non-hydrogen) atoms. The lowest BCUT2D eigenvalue weighted by molar-refractivity contribution is 0.626. The van der Waals surface area contributed by atoms with Gasteiger partial charge in [0, 0.05) is 25.4 Å². The zero-order valence-corrected chi connectivity index (χ0v) is 14.3. The average molecular weight is 322 g/mol. The molecule has 0 saturated heterocycles. The fourth-order valence-corrected chi connectivity index (χ4v) is 3.36. The second kappa shape index (κ2) is 5.23. The molecule has 2 N–H and O–H groups in total. The van der Waals surface area contributed by atoms with E-state index in [0.717, 1.165) is 46.0 Å². The van der Waals surface area contributed by atoms with Gasteiger partial charge in [0.1, 0.15) is 11.3 Å². The lowest BCUT2D eigenvalue weighted by Crippen LogP contribution is -2.18. The van der Waals surface area contributed by atoms with Gasteiger partial charge >= 0.3 is 0 Å². The number of nitrogens with two attached hydrogens (primary N) is 1. The second-order valence-corrected chi connectivity index (χ2v) is 6.97. The van der Waals surface area contributed by atoms with Gasteiger partial charge in [0.25, 0.3) is 5.56 Å². The molecule has 3 aromatic rings. The zero-order valence-electron chi connectivity index (χ0n) is 14.3. The molecule has 0 atom stereocenters. The number of fused-ring (bicyclic) bond motifs is 1. The first-order valence-corrected chi connectivity index (χ1v) is 8.38. The molecule has 0 aliphatic heterocycles. The quantitative estimate of drug-likeness (QED) is 0.754. The van der Waals surface area contributed by atoms with E-state index in [2.05, 4.69) is 15.6 Å². The summed E-state index contributed by atoms with van der Waals surface area (Å²) >= 11 is 0. The summed E-state index contributed by atoms with van der Waals surface area (Å²) in [5.41, 5.74) is 11.7. The third kappa shape index (κ3) is 2.40. The van der Waals surface area contributed by atoms with Crippen LogP contribution in [0, 0.1) is 19.8 Å². The first kappa shape index (κ1) is 15.0. The summed E-state index contributed by atoms with van der Waals surface area (Å²) in [5.74, 6) is 1.78. The Morgan fingerprint density at radius 3 is 2.62 bits per heavy atom. The minimum Gasteiger partial charge on any atom is -0.397 e. The van der Waals surface area contributed by atoms with Crippen molar-refractivity contribution in [1.82, 2.24) is 14.1 Å². The fourth-order valence-electron chi connectivity index (χ4n) is 3.36. The number of nitrogens with zero attached hydrogens (tertiary/aromatic N) is 3. The van der Waals surface area contributed by atoms with Crippen molar-refractivity contribution in [2.24, 2.45) is 13.0 Å². The van der Waals surface area contributed by atoms with Crippen LogP contribution in [0.4, 0.5) is 5.69 Å². The van der Waals surface area contributed by atoms with E-state index in [0.29, 0.717) is 5.69 Å². The zero-order chi connectivity index (χ0) is 17.0. The molecule has 1 aliphatic carbocycles. The van der Waals surface area contributed by atoms with Crippen LogP contribution in [-0.4, -0.2) is 14.1 Å². The summed E-state index contributed by atoms with van der Waals surface area (Å²) in [5, 5.41) is 0. The number of hydrogen-bond donors (Lipinski definition) is 1. The van der Waals surface area contributed by atoms with E-state index < -0.39 is 0 Å². The van der Waals surface area contributed by atoms with Crippen LogP contribution in [0.5, 0.6) is 0 Å². The van der Waals surface area contributed by atoms with E-state index in [1.165, 1.54) is 12.8 Å². The number of rotatable bonds is 3. The molecule has 0 radical (unpaired) electrons. The van der Waals surface area contributed by atoms with Crippen LogP contribution in [0.3, 0.4) is 0 Å². The van der Waals surface area contributed by atoms with Crippen LogP contribution < -0.4 is 11.3 Å². The predicted octanol–water partition coefficient (Wildman–Crippen LogP) is 3.01. The molecule has 2 aromatic heterocycles. The summed E-state index contributed by atoms with van der Waals surface area (Å²) in [6, 6.07) is 6.03. The second-order valence-electron chi connectivity index (χ2n) is 6.97. The van der Waals surface area contributed by atoms with Gasteiger partial charge < -0.3 is 14.9 Å². The molecule has 1 aliphatic rings. The van der Waals surface area contributed by atoms with Crippen LogP contribution >= 0.6 is 0 Å². The largest absolute Gasteiger partial charge is 0.397 e. The van der Waals surface area contributed by atoms with Crippen molar-refractivity contribution in [3.63, 3.8) is 0 Å². The summed E-state index contributed by atoms with van der Waals surface area (Å²) in [7, 11) is 1.78. The van der Waals surface area contributed by atoms with E-state index in [4.69, 9.17) is 5.73 Å². The highest BCUT2D eigenvalue weighted by atomic mass is 16.1. The van der Waals surface area contributed by atoms with Crippen LogP contribution in [0.15, 0.2) is 29.2 Å². The summed E-state index contributed by atoms with van der Waals surface area (Å²) < 4.78 is 3.90. The van der Waals surface area contributed by atoms with Crippen molar-refractivity contribution in [3.05, 3.63) is 46.1 Å². The summed E-state index contributed by atoms with van der Waals surface area (Å²) in [6.07, 6.45) is 4.47. The number of imidazole rings is 1. The minimum atomic E-state index is 0.0300. The first-order chi connectivity index (χ1) is 11.4. The highest BCUT2D eigenvalue weighted by Gasteiger charge is 2.24. The lowest BCUT2D eigenvalue weighted by Gasteiger charge is -2.10. The van der Waals surface area contributed by atoms with Crippen LogP contribution in [0.2, 0.25) is 0 Å². The third-order valence-corrected chi connectivity index (χ3v) is 4.91. The van der Waals surface area contributed by atoms with Crippen molar-refractivity contribution in [3.8, 4) is 11.1 Å². The predicted molar refractivity (Wildman–Crippen MR) is 97.0 cm³/mol. The molecule has 0 amide bonds. The number of benzene rings is 1. The van der Waals surface area contributed by atoms with E-state index >= 15 is 0 Å². The van der Waals surface area contributed by atoms with Gasteiger partial charge in [0.2, 0.25) is 0 Å². The van der Waals surface area contributed by atoms with Crippen molar-refractivity contribution in [1.29, 1.82) is 0 Å². The number of hydrogen-bond acceptors (Lipinski definition) is 3. The van der Waals surface area contributed by atoms with Gasteiger partial charge in [-0.2, -0.15) is 0 Å². The molecule has 2 heterocycles. The fraction of sp³-hybridized carbons (Fsp3) is 0.368. The Morgan fingerprint density at radius 1 is 1.21 bits per heavy atom. The highest BCUT2D eigenvalue weighted by Crippen LogP contribution is 2.35. The van der Waals surface area contributed by atoms with E-state index in [1.54, 1.807) is 11.6 Å². The molecule has 1 fully saturated rings. The normalized spacial score (nSPS) is 14.5. The molecule has 0 bridgehead atoms. The lowest BCUT2D eigenvalue weighted by atomic mass is 10.0. The van der Waals surface area contributed by atoms with Gasteiger partial charge in [-0.3, -0.25) is 4.79 Å². The van der Waals surface area contributed by atoms with Gasteiger partial charge in [-0.15, -0.1) is 0 Å². The molecule has 1 aromatic carbocycles. The van der Waals surface area contributed by atoms with E-state index in [9.17, 15) is 4.79 Å². The topological polar surface area (TPSA) is 65.8 Å². The van der Waals surface area contributed by atoms with Crippen molar-refractivity contribution in [2.75, 3.05) is 5.73 Å². The Bertz CT molecular complexity index is 982. The van der Waals surface area contributed by atoms with Gasteiger partial charge in [-0.1, -0.05) is 0 Å². The Hall–Kier alpha value is -2.56. The molecule has 4 rings (SSSR count). The van der Waals surface area contributed by atoms with Crippen molar-refractivity contribution in [2.45, 2.75) is 33.2 Å². The third-order valence-electron chi connectivity index (χ3n) is 4.91. The van der Waals surface area contributed by atoms with Gasteiger partial charge in [0.05, 0.1) is 11.2 Å². The Labute approximate surface area is 140 Å². The average Bonchev–Trinajstić information content (AvgIpc) is 3.30. The molecule has 124 valence electrons. The van der Waals surface area contributed by atoms with Gasteiger partial charge in [-0.25, -0.2) is 4.98 Å². The highest BCUT2D eigenvalue weighted by molar-refractivity contribution is 5.92.